The van der Waals surface area contributed by atoms with E-state index in [0.29, 0.717) is 32.3 Å². The Bertz CT molecular complexity index is 219. The first kappa shape index (κ1) is 16.0. The molecular weight excluding hydrogens is 235 g/mol. The number of guanidine groups is 1. The highest BCUT2D eigenvalue weighted by atomic mass is 19.4. The topological polar surface area (TPSA) is 45.7 Å². The largest absolute Gasteiger partial charge is 0.390 e. The Labute approximate surface area is 99.6 Å². The SMILES string of the molecule is CCNC(=NCCC(F)(F)F)NCCOCC. The molecule has 0 atom stereocenters. The fraction of sp³-hybridized carbons (Fsp3) is 0.900. The molecule has 0 aliphatic heterocycles. The molecule has 0 heterocycles. The van der Waals surface area contributed by atoms with Crippen molar-refractivity contribution in [2.75, 3.05) is 32.8 Å². The van der Waals surface area contributed by atoms with Gasteiger partial charge in [0.15, 0.2) is 5.96 Å². The molecule has 0 aromatic carbocycles. The number of hydrogen-bond donors (Lipinski definition) is 2. The first-order valence-corrected chi connectivity index (χ1v) is 5.66. The smallest absolute Gasteiger partial charge is 0.380 e. The third-order valence-electron chi connectivity index (χ3n) is 1.75. The highest BCUT2D eigenvalue weighted by Crippen LogP contribution is 2.18. The Morgan fingerprint density at radius 1 is 1.24 bits per heavy atom. The van der Waals surface area contributed by atoms with E-state index in [1.54, 1.807) is 0 Å². The van der Waals surface area contributed by atoms with Crippen molar-refractivity contribution in [2.24, 2.45) is 4.99 Å². The summed E-state index contributed by atoms with van der Waals surface area (Å²) in [4.78, 5) is 3.82. The van der Waals surface area contributed by atoms with Gasteiger partial charge in [-0.2, -0.15) is 13.2 Å². The minimum absolute atomic E-state index is 0.270. The Hall–Kier alpha value is -0.980. The van der Waals surface area contributed by atoms with Crippen LogP contribution < -0.4 is 10.6 Å². The van der Waals surface area contributed by atoms with Crippen molar-refractivity contribution >= 4 is 5.96 Å². The van der Waals surface area contributed by atoms with E-state index < -0.39 is 12.6 Å². The van der Waals surface area contributed by atoms with E-state index in [2.05, 4.69) is 15.6 Å². The maximum Gasteiger partial charge on any atom is 0.390 e. The van der Waals surface area contributed by atoms with Gasteiger partial charge in [-0.25, -0.2) is 0 Å². The fourth-order valence-corrected chi connectivity index (χ4v) is 1.02. The number of rotatable bonds is 7. The maximum atomic E-state index is 11.9. The number of hydrogen-bond acceptors (Lipinski definition) is 2. The van der Waals surface area contributed by atoms with Crippen molar-refractivity contribution in [3.05, 3.63) is 0 Å². The van der Waals surface area contributed by atoms with Crippen molar-refractivity contribution in [1.29, 1.82) is 0 Å². The number of alkyl halides is 3. The molecule has 4 nitrogen and oxygen atoms in total. The summed E-state index contributed by atoms with van der Waals surface area (Å²) in [5.41, 5.74) is 0. The van der Waals surface area contributed by atoms with Crippen LogP contribution in [0.3, 0.4) is 0 Å². The van der Waals surface area contributed by atoms with Gasteiger partial charge in [0.25, 0.3) is 0 Å². The number of ether oxygens (including phenoxy) is 1. The predicted octanol–water partition coefficient (Wildman–Crippen LogP) is 1.53. The van der Waals surface area contributed by atoms with Gasteiger partial charge in [0.05, 0.1) is 19.6 Å². The van der Waals surface area contributed by atoms with Gasteiger partial charge in [0.1, 0.15) is 0 Å². The van der Waals surface area contributed by atoms with Crippen LogP contribution in [-0.2, 0) is 4.74 Å². The van der Waals surface area contributed by atoms with Crippen molar-refractivity contribution in [3.63, 3.8) is 0 Å². The predicted molar refractivity (Wildman–Crippen MR) is 61.1 cm³/mol. The zero-order chi connectivity index (χ0) is 13.1. The normalized spacial score (nSPS) is 12.6. The molecule has 102 valence electrons. The first-order chi connectivity index (χ1) is 7.99. The molecule has 0 amide bonds. The summed E-state index contributed by atoms with van der Waals surface area (Å²) in [7, 11) is 0. The lowest BCUT2D eigenvalue weighted by Crippen LogP contribution is -2.39. The standard InChI is InChI=1S/C10H20F3N3O/c1-3-14-9(16-7-8-17-4-2)15-6-5-10(11,12)13/h3-8H2,1-2H3,(H2,14,15,16). The molecule has 0 saturated carbocycles. The van der Waals surface area contributed by atoms with Gasteiger partial charge in [0, 0.05) is 19.7 Å². The molecule has 2 N–H and O–H groups in total. The van der Waals surface area contributed by atoms with Gasteiger partial charge in [-0.1, -0.05) is 0 Å². The van der Waals surface area contributed by atoms with Crippen molar-refractivity contribution in [3.8, 4) is 0 Å². The Balaban J connectivity index is 3.90. The third-order valence-corrected chi connectivity index (χ3v) is 1.75. The summed E-state index contributed by atoms with van der Waals surface area (Å²) >= 11 is 0. The number of nitrogens with zero attached hydrogens (tertiary/aromatic N) is 1. The molecule has 0 aliphatic rings. The second kappa shape index (κ2) is 9.09. The fourth-order valence-electron chi connectivity index (χ4n) is 1.02. The van der Waals surface area contributed by atoms with E-state index >= 15 is 0 Å². The Morgan fingerprint density at radius 2 is 1.94 bits per heavy atom. The zero-order valence-corrected chi connectivity index (χ0v) is 10.2. The summed E-state index contributed by atoms with van der Waals surface area (Å²) in [6, 6.07) is 0. The molecule has 0 unspecified atom stereocenters. The van der Waals surface area contributed by atoms with E-state index in [0.717, 1.165) is 0 Å². The van der Waals surface area contributed by atoms with Crippen molar-refractivity contribution in [1.82, 2.24) is 10.6 Å². The van der Waals surface area contributed by atoms with Crippen LogP contribution in [0.1, 0.15) is 20.3 Å². The summed E-state index contributed by atoms with van der Waals surface area (Å²) in [6.45, 7) is 5.70. The molecule has 0 radical (unpaired) electrons. The number of nitrogens with one attached hydrogen (secondary N) is 2. The zero-order valence-electron chi connectivity index (χ0n) is 10.2. The van der Waals surface area contributed by atoms with E-state index in [4.69, 9.17) is 4.74 Å². The van der Waals surface area contributed by atoms with Gasteiger partial charge >= 0.3 is 6.18 Å². The minimum atomic E-state index is -4.16. The van der Waals surface area contributed by atoms with Gasteiger partial charge in [-0.05, 0) is 13.8 Å². The van der Waals surface area contributed by atoms with Gasteiger partial charge < -0.3 is 15.4 Å². The van der Waals surface area contributed by atoms with Crippen LogP contribution in [0.25, 0.3) is 0 Å². The molecule has 0 aliphatic carbocycles. The van der Waals surface area contributed by atoms with Crippen molar-refractivity contribution < 1.29 is 17.9 Å². The summed E-state index contributed by atoms with van der Waals surface area (Å²) in [5, 5.41) is 5.75. The second-order valence-corrected chi connectivity index (χ2v) is 3.25. The monoisotopic (exact) mass is 255 g/mol. The second-order valence-electron chi connectivity index (χ2n) is 3.25. The lowest BCUT2D eigenvalue weighted by Gasteiger charge is -2.11. The molecule has 0 bridgehead atoms. The first-order valence-electron chi connectivity index (χ1n) is 5.66. The maximum absolute atomic E-state index is 11.9. The van der Waals surface area contributed by atoms with Crippen LogP contribution >= 0.6 is 0 Å². The third kappa shape index (κ3) is 11.3. The molecular formula is C10H20F3N3O. The van der Waals surface area contributed by atoms with E-state index in [-0.39, 0.29) is 6.54 Å². The minimum Gasteiger partial charge on any atom is -0.380 e. The average Bonchev–Trinajstić information content (AvgIpc) is 2.22. The molecule has 0 spiro atoms. The molecule has 17 heavy (non-hydrogen) atoms. The summed E-state index contributed by atoms with van der Waals surface area (Å²) in [5.74, 6) is 0.386. The quantitative estimate of drug-likeness (QED) is 0.412. The summed E-state index contributed by atoms with van der Waals surface area (Å²) in [6.07, 6.45) is -5.07. The van der Waals surface area contributed by atoms with Crippen LogP contribution in [-0.4, -0.2) is 45.0 Å². The van der Waals surface area contributed by atoms with E-state index in [1.165, 1.54) is 0 Å². The lowest BCUT2D eigenvalue weighted by molar-refractivity contribution is -0.132. The average molecular weight is 255 g/mol. The molecule has 0 saturated heterocycles. The van der Waals surface area contributed by atoms with Crippen molar-refractivity contribution in [2.45, 2.75) is 26.4 Å². The Kier molecular flexibility index (Phi) is 8.57. The molecule has 0 rings (SSSR count). The van der Waals surface area contributed by atoms with Crippen LogP contribution in [0.4, 0.5) is 13.2 Å². The molecule has 7 heteroatoms. The van der Waals surface area contributed by atoms with Crippen LogP contribution in [0, 0.1) is 0 Å². The number of halogens is 3. The van der Waals surface area contributed by atoms with Crippen LogP contribution in [0.15, 0.2) is 4.99 Å². The van der Waals surface area contributed by atoms with Crippen LogP contribution in [0.5, 0.6) is 0 Å². The van der Waals surface area contributed by atoms with Gasteiger partial charge in [-0.15, -0.1) is 0 Å². The lowest BCUT2D eigenvalue weighted by atomic mass is 10.4. The van der Waals surface area contributed by atoms with Crippen LogP contribution in [0.2, 0.25) is 0 Å². The molecule has 0 aromatic heterocycles. The molecule has 0 aromatic rings. The Morgan fingerprint density at radius 3 is 2.47 bits per heavy atom. The highest BCUT2D eigenvalue weighted by Gasteiger charge is 2.26. The molecule has 0 fully saturated rings. The van der Waals surface area contributed by atoms with Gasteiger partial charge in [-0.3, -0.25) is 4.99 Å². The van der Waals surface area contributed by atoms with Gasteiger partial charge in [0.2, 0.25) is 0 Å². The summed E-state index contributed by atoms with van der Waals surface area (Å²) < 4.78 is 40.8. The van der Waals surface area contributed by atoms with E-state index in [1.807, 2.05) is 13.8 Å². The number of aliphatic imine (C=N–C) groups is 1. The highest BCUT2D eigenvalue weighted by molar-refractivity contribution is 5.79. The van der Waals surface area contributed by atoms with E-state index in [9.17, 15) is 13.2 Å².